The first-order valence-corrected chi connectivity index (χ1v) is 6.12. The maximum atomic E-state index is 11.7. The molecule has 1 rings (SSSR count). The van der Waals surface area contributed by atoms with Crippen molar-refractivity contribution in [1.29, 1.82) is 0 Å². The molecule has 1 unspecified atom stereocenters. The Balaban J connectivity index is 2.23. The Morgan fingerprint density at radius 2 is 1.88 bits per heavy atom. The van der Waals surface area contributed by atoms with Gasteiger partial charge in [-0.15, -0.1) is 0 Å². The summed E-state index contributed by atoms with van der Waals surface area (Å²) in [7, 11) is 0. The lowest BCUT2D eigenvalue weighted by Crippen LogP contribution is -2.50. The largest absolute Gasteiger partial charge is 0.350 e. The Morgan fingerprint density at radius 1 is 1.31 bits per heavy atom. The second kappa shape index (κ2) is 5.64. The zero-order valence-electron chi connectivity index (χ0n) is 10.8. The van der Waals surface area contributed by atoms with Crippen molar-refractivity contribution in [1.82, 2.24) is 10.8 Å². The summed E-state index contributed by atoms with van der Waals surface area (Å²) >= 11 is 0. The Labute approximate surface area is 98.1 Å². The predicted octanol–water partition coefficient (Wildman–Crippen LogP) is 1.75. The number of hydrogen-bond acceptors (Lipinski definition) is 3. The van der Waals surface area contributed by atoms with E-state index in [-0.39, 0.29) is 23.6 Å². The summed E-state index contributed by atoms with van der Waals surface area (Å²) in [6, 6.07) is -0.306. The van der Waals surface area contributed by atoms with Crippen LogP contribution in [0, 0.1) is 0 Å². The van der Waals surface area contributed by atoms with E-state index in [0.717, 1.165) is 12.8 Å². The SMILES string of the molecule is CC(NOC1CCCC1)C(=O)NC(C)(C)C. The molecule has 16 heavy (non-hydrogen) atoms. The molecule has 0 heterocycles. The van der Waals surface area contributed by atoms with Gasteiger partial charge in [-0.1, -0.05) is 12.8 Å². The molecule has 1 atom stereocenters. The van der Waals surface area contributed by atoms with Crippen LogP contribution in [0.5, 0.6) is 0 Å². The average Bonchev–Trinajstić information content (AvgIpc) is 2.63. The standard InChI is InChI=1S/C12H24N2O2/c1-9(11(15)13-12(2,3)4)14-16-10-7-5-6-8-10/h9-10,14H,5-8H2,1-4H3,(H,13,15). The summed E-state index contributed by atoms with van der Waals surface area (Å²) in [6.45, 7) is 7.72. The number of nitrogens with one attached hydrogen (secondary N) is 2. The third kappa shape index (κ3) is 4.94. The molecule has 1 aliphatic carbocycles. The first-order valence-electron chi connectivity index (χ1n) is 6.12. The highest BCUT2D eigenvalue weighted by atomic mass is 16.7. The van der Waals surface area contributed by atoms with Gasteiger partial charge >= 0.3 is 0 Å². The van der Waals surface area contributed by atoms with Crippen LogP contribution in [0.3, 0.4) is 0 Å². The molecule has 1 aliphatic rings. The van der Waals surface area contributed by atoms with Gasteiger partial charge in [-0.3, -0.25) is 9.63 Å². The molecular weight excluding hydrogens is 204 g/mol. The van der Waals surface area contributed by atoms with Crippen LogP contribution in [0.25, 0.3) is 0 Å². The van der Waals surface area contributed by atoms with Crippen molar-refractivity contribution in [2.24, 2.45) is 0 Å². The maximum absolute atomic E-state index is 11.7. The minimum absolute atomic E-state index is 0.0227. The minimum Gasteiger partial charge on any atom is -0.350 e. The fourth-order valence-electron chi connectivity index (χ4n) is 1.74. The smallest absolute Gasteiger partial charge is 0.239 e. The molecule has 1 fully saturated rings. The molecule has 0 aromatic carbocycles. The lowest BCUT2D eigenvalue weighted by molar-refractivity contribution is -0.130. The van der Waals surface area contributed by atoms with E-state index in [9.17, 15) is 4.79 Å². The molecule has 0 saturated heterocycles. The summed E-state index contributed by atoms with van der Waals surface area (Å²) in [5.41, 5.74) is 2.64. The van der Waals surface area contributed by atoms with E-state index in [4.69, 9.17) is 4.84 Å². The van der Waals surface area contributed by atoms with Crippen molar-refractivity contribution in [3.05, 3.63) is 0 Å². The van der Waals surface area contributed by atoms with Crippen molar-refractivity contribution in [3.63, 3.8) is 0 Å². The lowest BCUT2D eigenvalue weighted by atomic mass is 10.1. The van der Waals surface area contributed by atoms with E-state index in [1.165, 1.54) is 12.8 Å². The molecular formula is C12H24N2O2. The van der Waals surface area contributed by atoms with Crippen LogP contribution >= 0.6 is 0 Å². The molecule has 0 aromatic heterocycles. The van der Waals surface area contributed by atoms with E-state index in [2.05, 4.69) is 10.8 Å². The van der Waals surface area contributed by atoms with Gasteiger partial charge in [-0.25, -0.2) is 0 Å². The van der Waals surface area contributed by atoms with Crippen molar-refractivity contribution in [2.45, 2.75) is 71.1 Å². The van der Waals surface area contributed by atoms with Crippen molar-refractivity contribution < 1.29 is 9.63 Å². The summed E-state index contributed by atoms with van der Waals surface area (Å²) in [6.07, 6.45) is 4.94. The highest BCUT2D eigenvalue weighted by molar-refractivity contribution is 5.81. The first-order chi connectivity index (χ1) is 7.38. The highest BCUT2D eigenvalue weighted by Gasteiger charge is 2.21. The average molecular weight is 228 g/mol. The van der Waals surface area contributed by atoms with Crippen LogP contribution < -0.4 is 10.8 Å². The fraction of sp³-hybridized carbons (Fsp3) is 0.917. The summed E-state index contributed by atoms with van der Waals surface area (Å²) < 4.78 is 0. The van der Waals surface area contributed by atoms with Gasteiger partial charge in [0.2, 0.25) is 5.91 Å². The van der Waals surface area contributed by atoms with Gasteiger partial charge in [0.15, 0.2) is 0 Å². The molecule has 4 heteroatoms. The van der Waals surface area contributed by atoms with Gasteiger partial charge < -0.3 is 5.32 Å². The van der Waals surface area contributed by atoms with E-state index in [1.807, 2.05) is 27.7 Å². The van der Waals surface area contributed by atoms with Crippen LogP contribution in [-0.2, 0) is 9.63 Å². The molecule has 2 N–H and O–H groups in total. The van der Waals surface area contributed by atoms with Gasteiger partial charge in [0, 0.05) is 5.54 Å². The topological polar surface area (TPSA) is 50.4 Å². The van der Waals surface area contributed by atoms with Crippen molar-refractivity contribution in [2.75, 3.05) is 0 Å². The predicted molar refractivity (Wildman–Crippen MR) is 63.8 cm³/mol. The quantitative estimate of drug-likeness (QED) is 0.721. The molecule has 0 bridgehead atoms. The minimum atomic E-state index is -0.306. The Kier molecular flexibility index (Phi) is 4.74. The van der Waals surface area contributed by atoms with E-state index in [0.29, 0.717) is 0 Å². The van der Waals surface area contributed by atoms with Crippen LogP contribution in [0.2, 0.25) is 0 Å². The number of carbonyl (C=O) groups excluding carboxylic acids is 1. The molecule has 0 aromatic rings. The number of amides is 1. The molecule has 4 nitrogen and oxygen atoms in total. The zero-order chi connectivity index (χ0) is 12.2. The Bertz CT molecular complexity index is 230. The Hall–Kier alpha value is -0.610. The Morgan fingerprint density at radius 3 is 2.38 bits per heavy atom. The van der Waals surface area contributed by atoms with Gasteiger partial charge in [0.25, 0.3) is 0 Å². The molecule has 0 radical (unpaired) electrons. The van der Waals surface area contributed by atoms with Gasteiger partial charge in [-0.2, -0.15) is 5.48 Å². The number of hydrogen-bond donors (Lipinski definition) is 2. The van der Waals surface area contributed by atoms with Crippen LogP contribution in [0.1, 0.15) is 53.4 Å². The zero-order valence-corrected chi connectivity index (χ0v) is 10.8. The lowest BCUT2D eigenvalue weighted by Gasteiger charge is -2.24. The van der Waals surface area contributed by atoms with Gasteiger partial charge in [0.05, 0.1) is 6.10 Å². The van der Waals surface area contributed by atoms with E-state index < -0.39 is 0 Å². The fourth-order valence-corrected chi connectivity index (χ4v) is 1.74. The van der Waals surface area contributed by atoms with Crippen LogP contribution in [-0.4, -0.2) is 23.6 Å². The monoisotopic (exact) mass is 228 g/mol. The van der Waals surface area contributed by atoms with Crippen LogP contribution in [0.15, 0.2) is 0 Å². The highest BCUT2D eigenvalue weighted by Crippen LogP contribution is 2.19. The molecule has 0 aliphatic heterocycles. The van der Waals surface area contributed by atoms with E-state index >= 15 is 0 Å². The second-order valence-electron chi connectivity index (χ2n) is 5.60. The third-order valence-corrected chi connectivity index (χ3v) is 2.61. The number of hydroxylamine groups is 1. The molecule has 0 spiro atoms. The summed E-state index contributed by atoms with van der Waals surface area (Å²) in [4.78, 5) is 17.2. The first kappa shape index (κ1) is 13.5. The number of carbonyl (C=O) groups is 1. The van der Waals surface area contributed by atoms with Gasteiger partial charge in [-0.05, 0) is 40.5 Å². The third-order valence-electron chi connectivity index (χ3n) is 2.61. The molecule has 1 saturated carbocycles. The molecule has 94 valence electrons. The molecule has 1 amide bonds. The summed E-state index contributed by atoms with van der Waals surface area (Å²) in [5, 5.41) is 2.91. The van der Waals surface area contributed by atoms with Crippen LogP contribution in [0.4, 0.5) is 0 Å². The van der Waals surface area contributed by atoms with Crippen molar-refractivity contribution >= 4 is 5.91 Å². The normalized spacial score (nSPS) is 19.8. The summed E-state index contributed by atoms with van der Waals surface area (Å²) in [5.74, 6) is -0.0227. The number of rotatable bonds is 4. The second-order valence-corrected chi connectivity index (χ2v) is 5.60. The maximum Gasteiger partial charge on any atom is 0.239 e. The van der Waals surface area contributed by atoms with E-state index in [1.54, 1.807) is 0 Å². The van der Waals surface area contributed by atoms with Crippen molar-refractivity contribution in [3.8, 4) is 0 Å². The van der Waals surface area contributed by atoms with Gasteiger partial charge in [0.1, 0.15) is 6.04 Å².